The Hall–Kier alpha value is -3.36. The Balaban J connectivity index is 1.69. The monoisotopic (exact) mass is 433 g/mol. The molecule has 0 radical (unpaired) electrons. The van der Waals surface area contributed by atoms with E-state index in [2.05, 4.69) is 5.32 Å². The number of amides is 3. The van der Waals surface area contributed by atoms with Crippen LogP contribution in [0, 0.1) is 19.8 Å². The molecule has 2 aromatic rings. The zero-order chi connectivity index (χ0) is 22.8. The van der Waals surface area contributed by atoms with Crippen LogP contribution in [0.1, 0.15) is 27.9 Å². The summed E-state index contributed by atoms with van der Waals surface area (Å²) in [7, 11) is 0. The highest BCUT2D eigenvalue weighted by Crippen LogP contribution is 2.27. The van der Waals surface area contributed by atoms with E-state index in [0.29, 0.717) is 24.2 Å². The molecule has 1 unspecified atom stereocenters. The van der Waals surface area contributed by atoms with Gasteiger partial charge in [-0.05, 0) is 50.1 Å². The van der Waals surface area contributed by atoms with Gasteiger partial charge >= 0.3 is 6.18 Å². The molecule has 0 spiro atoms. The molecular weight excluding hydrogens is 411 g/mol. The van der Waals surface area contributed by atoms with Crippen molar-refractivity contribution < 1.29 is 27.6 Å². The highest BCUT2D eigenvalue weighted by Gasteiger charge is 2.37. The van der Waals surface area contributed by atoms with E-state index in [9.17, 15) is 27.6 Å². The largest absolute Gasteiger partial charge is 0.405 e. The molecule has 164 valence electrons. The summed E-state index contributed by atoms with van der Waals surface area (Å²) in [5.74, 6) is -2.63. The van der Waals surface area contributed by atoms with E-state index >= 15 is 0 Å². The molecule has 1 saturated heterocycles. The zero-order valence-corrected chi connectivity index (χ0v) is 17.0. The number of benzene rings is 2. The lowest BCUT2D eigenvalue weighted by atomic mass is 10.1. The molecule has 2 aromatic carbocycles. The predicted octanol–water partition coefficient (Wildman–Crippen LogP) is 3.59. The lowest BCUT2D eigenvalue weighted by Crippen LogP contribution is -2.34. The second-order valence-electron chi connectivity index (χ2n) is 7.48. The highest BCUT2D eigenvalue weighted by molar-refractivity contribution is 6.13. The van der Waals surface area contributed by atoms with Crippen LogP contribution in [0.2, 0.25) is 0 Å². The molecule has 1 aliphatic rings. The molecule has 2 N–H and O–H groups in total. The number of halogens is 3. The Morgan fingerprint density at radius 1 is 1.10 bits per heavy atom. The van der Waals surface area contributed by atoms with Gasteiger partial charge in [0.25, 0.3) is 5.91 Å². The number of aryl methyl sites for hydroxylation is 2. The molecule has 0 aliphatic carbocycles. The Morgan fingerprint density at radius 2 is 1.77 bits per heavy atom. The summed E-state index contributed by atoms with van der Waals surface area (Å²) in [6, 6.07) is 11.6. The van der Waals surface area contributed by atoms with Crippen molar-refractivity contribution >= 4 is 29.1 Å². The Labute approximate surface area is 177 Å². The molecule has 0 aromatic heterocycles. The maximum absolute atomic E-state index is 12.8. The maximum Gasteiger partial charge on any atom is 0.405 e. The molecule has 31 heavy (non-hydrogen) atoms. The van der Waals surface area contributed by atoms with Gasteiger partial charge in [0.05, 0.1) is 0 Å². The standard InChI is InChI=1S/C22H22F3N3O3/c1-13-3-7-16(8-4-13)28-10-9-17(21(28)31)20(30)27-18-11-15(6-5-14(18)2)19(29)26-12-22(23,24)25/h3-8,11,17H,9-10,12H2,1-2H3,(H,26,29)(H,27,30). The quantitative estimate of drug-likeness (QED) is 0.708. The lowest BCUT2D eigenvalue weighted by Gasteiger charge is -2.17. The van der Waals surface area contributed by atoms with Crippen molar-refractivity contribution in [3.05, 3.63) is 59.2 Å². The normalized spacial score (nSPS) is 16.4. The second-order valence-corrected chi connectivity index (χ2v) is 7.48. The molecule has 1 aliphatic heterocycles. The van der Waals surface area contributed by atoms with Crippen molar-refractivity contribution in [1.82, 2.24) is 5.32 Å². The van der Waals surface area contributed by atoms with Crippen molar-refractivity contribution in [1.29, 1.82) is 0 Å². The van der Waals surface area contributed by atoms with Gasteiger partial charge in [-0.1, -0.05) is 23.8 Å². The van der Waals surface area contributed by atoms with Crippen LogP contribution >= 0.6 is 0 Å². The minimum Gasteiger partial charge on any atom is -0.343 e. The van der Waals surface area contributed by atoms with E-state index in [1.54, 1.807) is 17.1 Å². The number of anilines is 2. The summed E-state index contributed by atoms with van der Waals surface area (Å²) in [5, 5.41) is 4.43. The molecule has 0 bridgehead atoms. The number of rotatable bonds is 5. The molecule has 3 amide bonds. The van der Waals surface area contributed by atoms with Gasteiger partial charge in [-0.25, -0.2) is 0 Å². The van der Waals surface area contributed by atoms with Crippen LogP contribution in [0.5, 0.6) is 0 Å². The molecule has 1 atom stereocenters. The lowest BCUT2D eigenvalue weighted by molar-refractivity contribution is -0.129. The zero-order valence-electron chi connectivity index (χ0n) is 17.0. The second kappa shape index (κ2) is 8.79. The number of alkyl halides is 3. The van der Waals surface area contributed by atoms with E-state index in [4.69, 9.17) is 0 Å². The van der Waals surface area contributed by atoms with Crippen LogP contribution < -0.4 is 15.5 Å². The molecule has 1 fully saturated rings. The van der Waals surface area contributed by atoms with Crippen molar-refractivity contribution in [2.75, 3.05) is 23.3 Å². The van der Waals surface area contributed by atoms with Gasteiger partial charge in [0.1, 0.15) is 12.5 Å². The first-order valence-electron chi connectivity index (χ1n) is 9.69. The van der Waals surface area contributed by atoms with E-state index in [1.165, 1.54) is 18.2 Å². The fourth-order valence-corrected chi connectivity index (χ4v) is 3.30. The Kier molecular flexibility index (Phi) is 6.33. The Morgan fingerprint density at radius 3 is 2.42 bits per heavy atom. The predicted molar refractivity (Wildman–Crippen MR) is 110 cm³/mol. The Bertz CT molecular complexity index is 1000. The van der Waals surface area contributed by atoms with E-state index in [1.807, 2.05) is 31.2 Å². The third-order valence-corrected chi connectivity index (χ3v) is 5.07. The van der Waals surface area contributed by atoms with E-state index < -0.39 is 30.5 Å². The number of nitrogens with one attached hydrogen (secondary N) is 2. The van der Waals surface area contributed by atoms with Gasteiger partial charge in [0.2, 0.25) is 11.8 Å². The third-order valence-electron chi connectivity index (χ3n) is 5.07. The van der Waals surface area contributed by atoms with Crippen LogP contribution in [0.15, 0.2) is 42.5 Å². The number of hydrogen-bond acceptors (Lipinski definition) is 3. The van der Waals surface area contributed by atoms with E-state index in [-0.39, 0.29) is 17.2 Å². The smallest absolute Gasteiger partial charge is 0.343 e. The van der Waals surface area contributed by atoms with Crippen LogP contribution in [0.4, 0.5) is 24.5 Å². The van der Waals surface area contributed by atoms with Crippen molar-refractivity contribution in [3.8, 4) is 0 Å². The first-order chi connectivity index (χ1) is 14.5. The van der Waals surface area contributed by atoms with Crippen LogP contribution in [0.25, 0.3) is 0 Å². The molecule has 9 heteroatoms. The first kappa shape index (κ1) is 22.3. The highest BCUT2D eigenvalue weighted by atomic mass is 19.4. The molecule has 1 heterocycles. The first-order valence-corrected chi connectivity index (χ1v) is 9.69. The van der Waals surface area contributed by atoms with Crippen molar-refractivity contribution in [2.45, 2.75) is 26.4 Å². The summed E-state index contributed by atoms with van der Waals surface area (Å²) in [6.45, 7) is 2.57. The van der Waals surface area contributed by atoms with Gasteiger partial charge in [0.15, 0.2) is 0 Å². The van der Waals surface area contributed by atoms with Crippen LogP contribution in [-0.2, 0) is 9.59 Å². The summed E-state index contributed by atoms with van der Waals surface area (Å²) < 4.78 is 37.0. The van der Waals surface area contributed by atoms with Gasteiger partial charge < -0.3 is 15.5 Å². The van der Waals surface area contributed by atoms with Crippen molar-refractivity contribution in [2.24, 2.45) is 5.92 Å². The van der Waals surface area contributed by atoms with Gasteiger partial charge in [-0.2, -0.15) is 13.2 Å². The average Bonchev–Trinajstić information content (AvgIpc) is 3.09. The SMILES string of the molecule is Cc1ccc(N2CCC(C(=O)Nc3cc(C(=O)NCC(F)(F)F)ccc3C)C2=O)cc1. The number of carbonyl (C=O) groups is 3. The summed E-state index contributed by atoms with van der Waals surface area (Å²) in [6.07, 6.45) is -4.19. The minimum absolute atomic E-state index is 0.0239. The van der Waals surface area contributed by atoms with Gasteiger partial charge in [-0.3, -0.25) is 14.4 Å². The molecule has 0 saturated carbocycles. The van der Waals surface area contributed by atoms with E-state index in [0.717, 1.165) is 5.56 Å². The fourth-order valence-electron chi connectivity index (χ4n) is 3.30. The molecule has 6 nitrogen and oxygen atoms in total. The molecular formula is C22H22F3N3O3. The van der Waals surface area contributed by atoms with Crippen LogP contribution in [0.3, 0.4) is 0 Å². The summed E-state index contributed by atoms with van der Waals surface area (Å²) in [5.41, 5.74) is 2.63. The summed E-state index contributed by atoms with van der Waals surface area (Å²) in [4.78, 5) is 39.0. The number of nitrogens with zero attached hydrogens (tertiary/aromatic N) is 1. The minimum atomic E-state index is -4.52. The van der Waals surface area contributed by atoms with Crippen molar-refractivity contribution in [3.63, 3.8) is 0 Å². The summed E-state index contributed by atoms with van der Waals surface area (Å²) >= 11 is 0. The maximum atomic E-state index is 12.8. The fraction of sp³-hybridized carbons (Fsp3) is 0.318. The topological polar surface area (TPSA) is 78.5 Å². The van der Waals surface area contributed by atoms with Gasteiger partial charge in [-0.15, -0.1) is 0 Å². The van der Waals surface area contributed by atoms with Crippen LogP contribution in [-0.4, -0.2) is 37.0 Å². The van der Waals surface area contributed by atoms with Gasteiger partial charge in [0, 0.05) is 23.5 Å². The molecule has 3 rings (SSSR count). The number of carbonyl (C=O) groups excluding carboxylic acids is 3. The average molecular weight is 433 g/mol. The number of hydrogen-bond donors (Lipinski definition) is 2. The third kappa shape index (κ3) is 5.42.